The van der Waals surface area contributed by atoms with E-state index in [1.165, 1.54) is 93.0 Å². The Morgan fingerprint density at radius 1 is 0.386 bits per heavy atom. The summed E-state index contributed by atoms with van der Waals surface area (Å²) in [6.45, 7) is 0. The number of rotatable bonds is 3. The van der Waals surface area contributed by atoms with Crippen LogP contribution in [0.1, 0.15) is 0 Å². The van der Waals surface area contributed by atoms with Crippen LogP contribution in [0.25, 0.3) is 66.1 Å². The first kappa shape index (κ1) is 28.7. The van der Waals surface area contributed by atoms with Crippen LogP contribution in [0.15, 0.2) is 83.3 Å². The second-order valence-corrected chi connectivity index (χ2v) is 12.8. The second-order valence-electron chi connectivity index (χ2n) is 12.8. The van der Waals surface area contributed by atoms with Crippen LogP contribution in [-0.4, -0.2) is 70.6 Å². The number of hydrogen-bond donors (Lipinski definition) is 0. The molecule has 200 valence electrons. The smallest absolute Gasteiger partial charge is 0.139 e. The van der Waals surface area contributed by atoms with Crippen molar-refractivity contribution >= 4 is 152 Å². The Balaban J connectivity index is 1.66. The summed E-state index contributed by atoms with van der Waals surface area (Å²) in [4.78, 5) is 0. The quantitative estimate of drug-likeness (QED) is 0.157. The first-order chi connectivity index (χ1) is 21.1. The zero-order chi connectivity index (χ0) is 31.0. The average Bonchev–Trinajstić information content (AvgIpc) is 3.48. The van der Waals surface area contributed by atoms with Crippen molar-refractivity contribution in [3.05, 3.63) is 78.9 Å². The van der Waals surface area contributed by atoms with Crippen LogP contribution in [0.4, 0.5) is 0 Å². The third-order valence-corrected chi connectivity index (χ3v) is 10.8. The summed E-state index contributed by atoms with van der Waals surface area (Å²) >= 11 is 0. The Morgan fingerprint density at radius 3 is 1.50 bits per heavy atom. The maximum absolute atomic E-state index is 6.33. The molecule has 0 saturated carbocycles. The molecule has 0 bridgehead atoms. The van der Waals surface area contributed by atoms with Crippen molar-refractivity contribution in [2.24, 2.45) is 0 Å². The van der Waals surface area contributed by atoms with Gasteiger partial charge in [0, 0.05) is 10.9 Å². The molecule has 0 radical (unpaired) electrons. The van der Waals surface area contributed by atoms with Crippen LogP contribution in [0, 0.1) is 0 Å². The molecule has 7 rings (SSSR count). The van der Waals surface area contributed by atoms with E-state index in [-0.39, 0.29) is 0 Å². The van der Waals surface area contributed by atoms with Gasteiger partial charge in [-0.1, -0.05) is 82.5 Å². The maximum atomic E-state index is 6.33. The molecule has 1 nitrogen and oxygen atoms in total. The first-order valence-electron chi connectivity index (χ1n) is 15.7. The van der Waals surface area contributed by atoms with E-state index in [1.807, 2.05) is 6.07 Å². The van der Waals surface area contributed by atoms with E-state index in [1.54, 1.807) is 0 Å². The number of benzene rings is 6. The molecular formula is C34H31B9O. The van der Waals surface area contributed by atoms with Gasteiger partial charge in [0.25, 0.3) is 0 Å². The first-order valence-corrected chi connectivity index (χ1v) is 15.7. The van der Waals surface area contributed by atoms with E-state index in [0.717, 1.165) is 22.3 Å². The van der Waals surface area contributed by atoms with Gasteiger partial charge in [0.1, 0.15) is 82.0 Å². The summed E-state index contributed by atoms with van der Waals surface area (Å²) in [6, 6.07) is 28.3. The van der Waals surface area contributed by atoms with Crippen molar-refractivity contribution < 1.29 is 4.42 Å². The fraction of sp³-hybridized carbons (Fsp3) is 0. The van der Waals surface area contributed by atoms with Gasteiger partial charge in [-0.15, -0.1) is 27.3 Å². The summed E-state index contributed by atoms with van der Waals surface area (Å²) in [5.41, 5.74) is 19.7. The van der Waals surface area contributed by atoms with Crippen molar-refractivity contribution in [3.8, 4) is 33.6 Å². The normalized spacial score (nSPS) is 11.5. The molecule has 0 fully saturated rings. The fourth-order valence-electron chi connectivity index (χ4n) is 7.50. The predicted molar refractivity (Wildman–Crippen MR) is 221 cm³/mol. The molecule has 1 heterocycles. The van der Waals surface area contributed by atoms with Gasteiger partial charge in [-0.2, -0.15) is 0 Å². The average molecular weight is 553 g/mol. The molecule has 0 amide bonds. The van der Waals surface area contributed by atoms with E-state index in [0.29, 0.717) is 0 Å². The highest BCUT2D eigenvalue weighted by Gasteiger charge is 2.24. The van der Waals surface area contributed by atoms with Crippen molar-refractivity contribution in [2.75, 3.05) is 0 Å². The summed E-state index contributed by atoms with van der Waals surface area (Å²) in [5.74, 6) is 0.900. The SMILES string of the molecule is Bc1c(B)c(B)c(-c2c3ccccc3c(-c3ccc4oc(-c5ccccc5)cc4c3)c3c(B)c(B)c(B)c(B)c23)c(B)c1B. The fourth-order valence-corrected chi connectivity index (χ4v) is 7.50. The molecule has 0 aliphatic heterocycles. The minimum atomic E-state index is 0.900. The minimum Gasteiger partial charge on any atom is -0.456 e. The van der Waals surface area contributed by atoms with Gasteiger partial charge in [0.2, 0.25) is 0 Å². The van der Waals surface area contributed by atoms with Crippen molar-refractivity contribution in [1.29, 1.82) is 0 Å². The minimum absolute atomic E-state index is 0.900. The number of furan rings is 1. The van der Waals surface area contributed by atoms with Gasteiger partial charge in [-0.3, -0.25) is 0 Å². The third-order valence-electron chi connectivity index (χ3n) is 10.8. The molecule has 44 heavy (non-hydrogen) atoms. The van der Waals surface area contributed by atoms with Crippen molar-refractivity contribution in [1.82, 2.24) is 0 Å². The van der Waals surface area contributed by atoms with E-state index in [4.69, 9.17) is 4.42 Å². The molecule has 0 N–H and O–H groups in total. The highest BCUT2D eigenvalue weighted by molar-refractivity contribution is 6.71. The summed E-state index contributed by atoms with van der Waals surface area (Å²) in [6.07, 6.45) is 0. The van der Waals surface area contributed by atoms with Crippen LogP contribution in [0.3, 0.4) is 0 Å². The van der Waals surface area contributed by atoms with Crippen molar-refractivity contribution in [2.45, 2.75) is 0 Å². The molecule has 1 aromatic heterocycles. The van der Waals surface area contributed by atoms with E-state index < -0.39 is 0 Å². The Bertz CT molecular complexity index is 2300. The third kappa shape index (κ3) is 4.14. The Hall–Kier alpha value is -4.04. The summed E-state index contributed by atoms with van der Waals surface area (Å²) < 4.78 is 6.33. The lowest BCUT2D eigenvalue weighted by molar-refractivity contribution is 0.631. The molecule has 7 aromatic rings. The van der Waals surface area contributed by atoms with Gasteiger partial charge >= 0.3 is 0 Å². The lowest BCUT2D eigenvalue weighted by atomic mass is 9.58. The van der Waals surface area contributed by atoms with E-state index in [9.17, 15) is 0 Å². The van der Waals surface area contributed by atoms with E-state index in [2.05, 4.69) is 143 Å². The Morgan fingerprint density at radius 2 is 0.886 bits per heavy atom. The van der Waals surface area contributed by atoms with Crippen molar-refractivity contribution in [3.63, 3.8) is 0 Å². The largest absolute Gasteiger partial charge is 0.456 e. The molecule has 0 unspecified atom stereocenters. The standard InChI is InChI=1S/C34H31B9O/c35-26-23-21(15-10-11-19-16(12-15)13-20(44-19)14-6-2-1-3-7-14)17-8-4-5-9-18(17)22(24(23)27(36)31(40)30(26)39)25-28(37)32(41)34(43)33(42)29(25)38/h1-13H,35-43H2. The molecule has 6 aromatic carbocycles. The monoisotopic (exact) mass is 554 g/mol. The Labute approximate surface area is 268 Å². The van der Waals surface area contributed by atoms with Gasteiger partial charge in [-0.05, 0) is 62.0 Å². The molecule has 0 spiro atoms. The van der Waals surface area contributed by atoms with Crippen LogP contribution in [0.5, 0.6) is 0 Å². The van der Waals surface area contributed by atoms with Crippen LogP contribution < -0.4 is 49.2 Å². The summed E-state index contributed by atoms with van der Waals surface area (Å²) in [5, 5.41) is 6.47. The van der Waals surface area contributed by atoms with Crippen LogP contribution in [0.2, 0.25) is 0 Å². The van der Waals surface area contributed by atoms with Gasteiger partial charge < -0.3 is 4.42 Å². The molecule has 0 atom stereocenters. The predicted octanol–water partition coefficient (Wildman–Crippen LogP) is -5.93. The zero-order valence-corrected chi connectivity index (χ0v) is 27.4. The highest BCUT2D eigenvalue weighted by Crippen LogP contribution is 2.42. The van der Waals surface area contributed by atoms with Crippen LogP contribution in [-0.2, 0) is 0 Å². The number of hydrogen-bond acceptors (Lipinski definition) is 1. The zero-order valence-electron chi connectivity index (χ0n) is 27.4. The lowest BCUT2D eigenvalue weighted by Crippen LogP contribution is -2.55. The van der Waals surface area contributed by atoms with Crippen LogP contribution >= 0.6 is 0 Å². The molecule has 10 heteroatoms. The van der Waals surface area contributed by atoms with Gasteiger partial charge in [0.15, 0.2) is 0 Å². The molecule has 0 saturated heterocycles. The van der Waals surface area contributed by atoms with Gasteiger partial charge in [-0.25, -0.2) is 0 Å². The molecule has 0 aliphatic rings. The Kier molecular flexibility index (Phi) is 6.89. The maximum Gasteiger partial charge on any atom is 0.139 e. The second kappa shape index (κ2) is 10.5. The molecule has 0 aliphatic carbocycles. The lowest BCUT2D eigenvalue weighted by Gasteiger charge is -2.27. The topological polar surface area (TPSA) is 13.1 Å². The number of fused-ring (bicyclic) bond motifs is 3. The van der Waals surface area contributed by atoms with Gasteiger partial charge in [0.05, 0.1) is 0 Å². The van der Waals surface area contributed by atoms with E-state index >= 15 is 0 Å². The highest BCUT2D eigenvalue weighted by atomic mass is 16.3. The summed E-state index contributed by atoms with van der Waals surface area (Å²) in [7, 11) is 20.7. The molecular weight excluding hydrogens is 522 g/mol.